The van der Waals surface area contributed by atoms with Crippen molar-refractivity contribution < 1.29 is 22.8 Å². The van der Waals surface area contributed by atoms with E-state index in [1.54, 1.807) is 56.6 Å². The number of ether oxygens (including phenoxy) is 1. The molecule has 0 aliphatic heterocycles. The number of aromatic nitrogens is 2. The number of benzene rings is 2. The van der Waals surface area contributed by atoms with Gasteiger partial charge in [-0.15, -0.1) is 0 Å². The lowest BCUT2D eigenvalue weighted by molar-refractivity contribution is 0.205. The summed E-state index contributed by atoms with van der Waals surface area (Å²) in [6, 6.07) is 12.2. The van der Waals surface area contributed by atoms with E-state index in [-0.39, 0.29) is 24.1 Å². The molecular formula is C23H23N3O5S. The van der Waals surface area contributed by atoms with Crippen molar-refractivity contribution in [3.05, 3.63) is 71.7 Å². The number of pyridine rings is 1. The minimum absolute atomic E-state index is 0.0859. The Morgan fingerprint density at radius 3 is 2.62 bits per heavy atom. The lowest BCUT2D eigenvalue weighted by Gasteiger charge is -2.23. The molecule has 0 amide bonds. The average Bonchev–Trinajstić information content (AvgIpc) is 3.14. The topological polar surface area (TPSA) is 106 Å². The third kappa shape index (κ3) is 3.75. The van der Waals surface area contributed by atoms with Gasteiger partial charge >= 0.3 is 0 Å². The number of rotatable bonds is 7. The molecule has 2 aromatic heterocycles. The van der Waals surface area contributed by atoms with Crippen LogP contribution >= 0.6 is 0 Å². The van der Waals surface area contributed by atoms with Crippen LogP contribution in [-0.2, 0) is 21.4 Å². The van der Waals surface area contributed by atoms with Crippen molar-refractivity contribution in [2.24, 2.45) is 0 Å². The van der Waals surface area contributed by atoms with Gasteiger partial charge in [-0.25, -0.2) is 12.7 Å². The second-order valence-corrected chi connectivity index (χ2v) is 9.19. The predicted octanol–water partition coefficient (Wildman–Crippen LogP) is 3.80. The third-order valence-electron chi connectivity index (χ3n) is 5.38. The van der Waals surface area contributed by atoms with E-state index in [1.807, 2.05) is 12.1 Å². The molecule has 0 spiro atoms. The molecule has 1 N–H and O–H groups in total. The zero-order valence-electron chi connectivity index (χ0n) is 17.9. The van der Waals surface area contributed by atoms with Gasteiger partial charge in [-0.2, -0.15) is 0 Å². The zero-order valence-corrected chi connectivity index (χ0v) is 18.8. The summed E-state index contributed by atoms with van der Waals surface area (Å²) in [5, 5.41) is 15.4. The van der Waals surface area contributed by atoms with E-state index < -0.39 is 10.0 Å². The summed E-state index contributed by atoms with van der Waals surface area (Å²) in [7, 11) is -2.66. The van der Waals surface area contributed by atoms with Crippen LogP contribution in [0.3, 0.4) is 0 Å². The van der Waals surface area contributed by atoms with Crippen molar-refractivity contribution in [1.82, 2.24) is 10.1 Å². The van der Waals surface area contributed by atoms with Crippen LogP contribution in [0.4, 0.5) is 5.88 Å². The minimum atomic E-state index is -4.08. The van der Waals surface area contributed by atoms with Gasteiger partial charge in [0, 0.05) is 36.0 Å². The Morgan fingerprint density at radius 1 is 1.16 bits per heavy atom. The van der Waals surface area contributed by atoms with Gasteiger partial charge in [-0.3, -0.25) is 4.98 Å². The van der Waals surface area contributed by atoms with E-state index in [1.165, 1.54) is 7.11 Å². The number of hydrogen-bond donors (Lipinski definition) is 1. The summed E-state index contributed by atoms with van der Waals surface area (Å²) in [6.07, 6.45) is 3.34. The van der Waals surface area contributed by atoms with Crippen LogP contribution in [0.5, 0.6) is 0 Å². The summed E-state index contributed by atoms with van der Waals surface area (Å²) in [6.45, 7) is 3.05. The summed E-state index contributed by atoms with van der Waals surface area (Å²) in [5.74, 6) is 0.111. The molecule has 2 heterocycles. The molecule has 0 atom stereocenters. The Bertz CT molecular complexity index is 1380. The fraction of sp³-hybridized carbons (Fsp3) is 0.217. The highest BCUT2D eigenvalue weighted by molar-refractivity contribution is 7.93. The molecular weight excluding hydrogens is 430 g/mol. The van der Waals surface area contributed by atoms with Gasteiger partial charge < -0.3 is 14.4 Å². The Morgan fingerprint density at radius 2 is 1.94 bits per heavy atom. The van der Waals surface area contributed by atoms with Crippen LogP contribution in [0.25, 0.3) is 21.9 Å². The summed E-state index contributed by atoms with van der Waals surface area (Å²) in [4.78, 5) is 4.21. The minimum Gasteiger partial charge on any atom is -0.392 e. The van der Waals surface area contributed by atoms with Gasteiger partial charge in [0.15, 0.2) is 0 Å². The molecule has 0 fully saturated rings. The maximum Gasteiger partial charge on any atom is 0.269 e. The van der Waals surface area contributed by atoms with Gasteiger partial charge in [0.1, 0.15) is 6.73 Å². The number of sulfonamides is 1. The first-order chi connectivity index (χ1) is 15.4. The van der Waals surface area contributed by atoms with Crippen LogP contribution < -0.4 is 4.31 Å². The van der Waals surface area contributed by atoms with Crippen molar-refractivity contribution in [2.75, 3.05) is 18.1 Å². The number of aliphatic hydroxyl groups excluding tert-OH is 1. The maximum atomic E-state index is 13.8. The van der Waals surface area contributed by atoms with E-state index in [2.05, 4.69) is 10.1 Å². The second kappa shape index (κ2) is 8.70. The highest BCUT2D eigenvalue weighted by Crippen LogP contribution is 2.35. The molecule has 4 rings (SSSR count). The van der Waals surface area contributed by atoms with Gasteiger partial charge in [0.2, 0.25) is 5.88 Å². The van der Waals surface area contributed by atoms with Gasteiger partial charge in [-0.1, -0.05) is 23.4 Å². The number of methoxy groups -OCH3 is 1. The van der Waals surface area contributed by atoms with E-state index in [4.69, 9.17) is 9.26 Å². The predicted molar refractivity (Wildman–Crippen MR) is 121 cm³/mol. The normalized spacial score (nSPS) is 11.8. The molecule has 32 heavy (non-hydrogen) atoms. The van der Waals surface area contributed by atoms with E-state index in [9.17, 15) is 13.5 Å². The van der Waals surface area contributed by atoms with Crippen LogP contribution in [0, 0.1) is 13.8 Å². The van der Waals surface area contributed by atoms with Gasteiger partial charge in [0.05, 0.1) is 17.2 Å². The molecule has 0 aliphatic carbocycles. The standard InChI is InChI=1S/C23H23N3O5S/c1-15-16(2)25-31-23(15)26(14-30-3)32(28,29)22-7-5-4-6-20(22)18-10-17-8-9-24-12-21(17)19(11-18)13-27/h4-12,27H,13-14H2,1-3H3. The fourth-order valence-electron chi connectivity index (χ4n) is 3.60. The SMILES string of the molecule is COCN(c1onc(C)c1C)S(=O)(=O)c1ccccc1-c1cc(CO)c2cnccc2c1. The van der Waals surface area contributed by atoms with Crippen molar-refractivity contribution in [1.29, 1.82) is 0 Å². The molecule has 2 aromatic carbocycles. The molecule has 0 bridgehead atoms. The van der Waals surface area contributed by atoms with Crippen molar-refractivity contribution >= 4 is 26.7 Å². The Hall–Kier alpha value is -3.27. The number of anilines is 1. The number of aliphatic hydroxyl groups is 1. The molecule has 0 saturated carbocycles. The largest absolute Gasteiger partial charge is 0.392 e. The number of nitrogens with zero attached hydrogens (tertiary/aromatic N) is 3. The fourth-order valence-corrected chi connectivity index (χ4v) is 5.18. The molecule has 0 saturated heterocycles. The molecule has 0 unspecified atom stereocenters. The lowest BCUT2D eigenvalue weighted by Crippen LogP contribution is -2.33. The van der Waals surface area contributed by atoms with Gasteiger partial charge in [-0.05, 0) is 54.6 Å². The smallest absolute Gasteiger partial charge is 0.269 e. The average molecular weight is 454 g/mol. The molecule has 4 aromatic rings. The van der Waals surface area contributed by atoms with Crippen LogP contribution in [0.2, 0.25) is 0 Å². The number of aryl methyl sites for hydroxylation is 1. The van der Waals surface area contributed by atoms with Crippen molar-refractivity contribution in [3.63, 3.8) is 0 Å². The molecule has 8 nitrogen and oxygen atoms in total. The second-order valence-electron chi connectivity index (χ2n) is 7.36. The highest BCUT2D eigenvalue weighted by Gasteiger charge is 2.32. The van der Waals surface area contributed by atoms with Crippen LogP contribution in [0.15, 0.2) is 64.3 Å². The quantitative estimate of drug-likeness (QED) is 0.424. The van der Waals surface area contributed by atoms with E-state index >= 15 is 0 Å². The van der Waals surface area contributed by atoms with Crippen LogP contribution in [-0.4, -0.2) is 37.5 Å². The maximum absolute atomic E-state index is 13.8. The first-order valence-electron chi connectivity index (χ1n) is 9.90. The van der Waals surface area contributed by atoms with Crippen molar-refractivity contribution in [2.45, 2.75) is 25.3 Å². The summed E-state index contributed by atoms with van der Waals surface area (Å²) >= 11 is 0. The summed E-state index contributed by atoms with van der Waals surface area (Å²) in [5.41, 5.74) is 3.03. The zero-order chi connectivity index (χ0) is 22.9. The highest BCUT2D eigenvalue weighted by atomic mass is 32.2. The summed E-state index contributed by atoms with van der Waals surface area (Å²) < 4.78 is 39.2. The molecule has 0 radical (unpaired) electrons. The van der Waals surface area contributed by atoms with Crippen LogP contribution in [0.1, 0.15) is 16.8 Å². The number of hydrogen-bond acceptors (Lipinski definition) is 7. The van der Waals surface area contributed by atoms with E-state index in [0.717, 1.165) is 15.1 Å². The first-order valence-corrected chi connectivity index (χ1v) is 11.3. The Balaban J connectivity index is 1.91. The molecule has 9 heteroatoms. The molecule has 0 aliphatic rings. The third-order valence-corrected chi connectivity index (χ3v) is 7.15. The lowest BCUT2D eigenvalue weighted by atomic mass is 9.98. The first kappa shape index (κ1) is 21.9. The Kier molecular flexibility index (Phi) is 5.96. The number of fused-ring (bicyclic) bond motifs is 1. The Labute approximate surface area is 186 Å². The van der Waals surface area contributed by atoms with Gasteiger partial charge in [0.25, 0.3) is 10.0 Å². The van der Waals surface area contributed by atoms with E-state index in [0.29, 0.717) is 27.9 Å². The van der Waals surface area contributed by atoms with Crippen molar-refractivity contribution in [3.8, 4) is 11.1 Å². The molecule has 166 valence electrons. The monoisotopic (exact) mass is 453 g/mol.